The molecule has 0 aliphatic rings. The fraction of sp³-hybridized carbons (Fsp3) is 0.158. The Balaban J connectivity index is 1.81. The number of carbonyl (C=O) groups excluding carboxylic acids is 1. The van der Waals surface area contributed by atoms with E-state index in [1.54, 1.807) is 12.1 Å². The Morgan fingerprint density at radius 1 is 1.31 bits per heavy atom. The van der Waals surface area contributed by atoms with Crippen LogP contribution in [0.5, 0.6) is 0 Å². The fourth-order valence-electron chi connectivity index (χ4n) is 2.32. The van der Waals surface area contributed by atoms with Crippen molar-refractivity contribution in [2.75, 3.05) is 4.90 Å². The Kier molecular flexibility index (Phi) is 5.56. The van der Waals surface area contributed by atoms with Gasteiger partial charge in [-0.05, 0) is 24.6 Å². The van der Waals surface area contributed by atoms with E-state index in [-0.39, 0.29) is 18.8 Å². The summed E-state index contributed by atoms with van der Waals surface area (Å²) in [5.41, 5.74) is 2.58. The normalized spacial score (nSPS) is 10.2. The van der Waals surface area contributed by atoms with Crippen LogP contribution in [0.1, 0.15) is 22.0 Å². The first-order valence-electron chi connectivity index (χ1n) is 7.91. The molecule has 1 amide bonds. The zero-order chi connectivity index (χ0) is 18.4. The number of nitrogens with zero attached hydrogens (tertiary/aromatic N) is 4. The number of benzene rings is 1. The topological polar surface area (TPSA) is 79.1 Å². The van der Waals surface area contributed by atoms with Gasteiger partial charge in [0.15, 0.2) is 0 Å². The van der Waals surface area contributed by atoms with Crippen LogP contribution in [-0.2, 0) is 17.9 Å². The molecule has 26 heavy (non-hydrogen) atoms. The number of aromatic nitrogens is 2. The third kappa shape index (κ3) is 4.43. The molecule has 0 unspecified atom stereocenters. The van der Waals surface area contributed by atoms with Crippen LogP contribution in [-0.4, -0.2) is 16.1 Å². The van der Waals surface area contributed by atoms with Crippen LogP contribution in [0.2, 0.25) is 0 Å². The molecular weight excluding hydrogens is 348 g/mol. The highest BCUT2D eigenvalue weighted by atomic mass is 32.1. The molecule has 1 aromatic carbocycles. The SMILES string of the molecule is Cc1csc(CN(C(=O)OCc2ccccc2)c2ccnc(C#N)c2)n1. The Hall–Kier alpha value is -3.24. The number of anilines is 1. The van der Waals surface area contributed by atoms with Crippen molar-refractivity contribution in [3.05, 3.63) is 76.0 Å². The van der Waals surface area contributed by atoms with Crippen molar-refractivity contribution in [3.63, 3.8) is 0 Å². The van der Waals surface area contributed by atoms with E-state index in [1.807, 2.05) is 48.7 Å². The van der Waals surface area contributed by atoms with Crippen LogP contribution in [0.3, 0.4) is 0 Å². The van der Waals surface area contributed by atoms with Crippen molar-refractivity contribution in [1.82, 2.24) is 9.97 Å². The molecule has 0 atom stereocenters. The second-order valence-corrected chi connectivity index (χ2v) is 6.46. The van der Waals surface area contributed by atoms with Gasteiger partial charge in [-0.25, -0.2) is 14.8 Å². The number of aryl methyl sites for hydroxylation is 1. The van der Waals surface area contributed by atoms with Gasteiger partial charge in [-0.3, -0.25) is 4.90 Å². The third-order valence-corrected chi connectivity index (χ3v) is 4.51. The summed E-state index contributed by atoms with van der Waals surface area (Å²) < 4.78 is 5.46. The zero-order valence-corrected chi connectivity index (χ0v) is 14.9. The van der Waals surface area contributed by atoms with Crippen LogP contribution >= 0.6 is 11.3 Å². The first kappa shape index (κ1) is 17.6. The van der Waals surface area contributed by atoms with E-state index in [4.69, 9.17) is 10.00 Å². The van der Waals surface area contributed by atoms with Crippen LogP contribution < -0.4 is 4.90 Å². The molecule has 0 saturated carbocycles. The summed E-state index contributed by atoms with van der Waals surface area (Å²) in [6, 6.07) is 14.7. The lowest BCUT2D eigenvalue weighted by atomic mass is 10.2. The van der Waals surface area contributed by atoms with Crippen molar-refractivity contribution in [2.24, 2.45) is 0 Å². The minimum absolute atomic E-state index is 0.170. The van der Waals surface area contributed by atoms with Crippen LogP contribution in [0.4, 0.5) is 10.5 Å². The lowest BCUT2D eigenvalue weighted by molar-refractivity contribution is 0.146. The quantitative estimate of drug-likeness (QED) is 0.682. The molecule has 0 bridgehead atoms. The molecular formula is C19H16N4O2S. The number of pyridine rings is 1. The molecule has 3 aromatic rings. The van der Waals surface area contributed by atoms with Crippen LogP contribution in [0, 0.1) is 18.3 Å². The van der Waals surface area contributed by atoms with Gasteiger partial charge in [0.25, 0.3) is 0 Å². The minimum atomic E-state index is -0.503. The van der Waals surface area contributed by atoms with E-state index >= 15 is 0 Å². The van der Waals surface area contributed by atoms with E-state index in [9.17, 15) is 4.79 Å². The van der Waals surface area contributed by atoms with Crippen molar-refractivity contribution in [2.45, 2.75) is 20.1 Å². The number of amides is 1. The van der Waals surface area contributed by atoms with Crippen molar-refractivity contribution in [1.29, 1.82) is 5.26 Å². The summed E-state index contributed by atoms with van der Waals surface area (Å²) in [6.07, 6.45) is 0.996. The molecule has 6 nitrogen and oxygen atoms in total. The number of thiazole rings is 1. The van der Waals surface area contributed by atoms with Crippen molar-refractivity contribution < 1.29 is 9.53 Å². The van der Waals surface area contributed by atoms with Gasteiger partial charge in [-0.2, -0.15) is 5.26 Å². The third-order valence-electron chi connectivity index (χ3n) is 3.56. The standard InChI is InChI=1S/C19H16N4O2S/c1-14-13-26-18(22-14)11-23(17-7-8-21-16(9-17)10-20)19(24)25-12-15-5-3-2-4-6-15/h2-9,13H,11-12H2,1H3. The first-order chi connectivity index (χ1) is 12.7. The van der Waals surface area contributed by atoms with E-state index in [2.05, 4.69) is 9.97 Å². The van der Waals surface area contributed by atoms with Crippen LogP contribution in [0.15, 0.2) is 54.0 Å². The molecule has 0 aliphatic carbocycles. The number of rotatable bonds is 5. The molecule has 130 valence electrons. The maximum Gasteiger partial charge on any atom is 0.415 e. The highest BCUT2D eigenvalue weighted by molar-refractivity contribution is 7.09. The summed E-state index contributed by atoms with van der Waals surface area (Å²) in [5, 5.41) is 11.8. The van der Waals surface area contributed by atoms with Gasteiger partial charge in [0.2, 0.25) is 0 Å². The molecule has 0 spiro atoms. The molecule has 3 rings (SSSR count). The van der Waals surface area contributed by atoms with Crippen molar-refractivity contribution >= 4 is 23.1 Å². The van der Waals surface area contributed by atoms with Gasteiger partial charge in [0.05, 0.1) is 12.2 Å². The van der Waals surface area contributed by atoms with E-state index in [1.165, 1.54) is 22.4 Å². The molecule has 7 heteroatoms. The molecule has 0 radical (unpaired) electrons. The smallest absolute Gasteiger partial charge is 0.415 e. The molecule has 2 heterocycles. The fourth-order valence-corrected chi connectivity index (χ4v) is 3.08. The summed E-state index contributed by atoms with van der Waals surface area (Å²) in [5.74, 6) is 0. The first-order valence-corrected chi connectivity index (χ1v) is 8.79. The van der Waals surface area contributed by atoms with Crippen molar-refractivity contribution in [3.8, 4) is 6.07 Å². The number of hydrogen-bond acceptors (Lipinski definition) is 6. The van der Waals surface area contributed by atoms with Gasteiger partial charge >= 0.3 is 6.09 Å². The molecule has 0 aliphatic heterocycles. The Morgan fingerprint density at radius 3 is 2.81 bits per heavy atom. The monoisotopic (exact) mass is 364 g/mol. The Labute approximate surface area is 155 Å². The second-order valence-electron chi connectivity index (χ2n) is 5.52. The zero-order valence-electron chi connectivity index (χ0n) is 14.1. The Morgan fingerprint density at radius 2 is 2.12 bits per heavy atom. The summed E-state index contributed by atoms with van der Waals surface area (Å²) in [6.45, 7) is 2.34. The van der Waals surface area contributed by atoms with Crippen LogP contribution in [0.25, 0.3) is 0 Å². The molecule has 2 aromatic heterocycles. The second kappa shape index (κ2) is 8.23. The number of ether oxygens (including phenoxy) is 1. The van der Waals surface area contributed by atoms with Gasteiger partial charge < -0.3 is 4.74 Å². The van der Waals surface area contributed by atoms with Gasteiger partial charge in [-0.15, -0.1) is 11.3 Å². The highest BCUT2D eigenvalue weighted by Crippen LogP contribution is 2.21. The predicted octanol–water partition coefficient (Wildman–Crippen LogP) is 4.06. The molecule has 0 N–H and O–H groups in total. The largest absolute Gasteiger partial charge is 0.444 e. The average Bonchev–Trinajstić information content (AvgIpc) is 3.10. The number of hydrogen-bond donors (Lipinski definition) is 0. The summed E-state index contributed by atoms with van der Waals surface area (Å²) >= 11 is 1.47. The molecule has 0 saturated heterocycles. The maximum atomic E-state index is 12.7. The van der Waals surface area contributed by atoms with E-state index in [0.29, 0.717) is 5.69 Å². The lowest BCUT2D eigenvalue weighted by Gasteiger charge is -2.21. The van der Waals surface area contributed by atoms with E-state index in [0.717, 1.165) is 16.3 Å². The maximum absolute atomic E-state index is 12.7. The van der Waals surface area contributed by atoms with Gasteiger partial charge in [-0.1, -0.05) is 30.3 Å². The highest BCUT2D eigenvalue weighted by Gasteiger charge is 2.20. The molecule has 0 fully saturated rings. The number of carbonyl (C=O) groups is 1. The number of nitriles is 1. The minimum Gasteiger partial charge on any atom is -0.444 e. The lowest BCUT2D eigenvalue weighted by Crippen LogP contribution is -2.31. The summed E-state index contributed by atoms with van der Waals surface area (Å²) in [4.78, 5) is 22.5. The Bertz CT molecular complexity index is 934. The van der Waals surface area contributed by atoms with Gasteiger partial charge in [0.1, 0.15) is 23.4 Å². The average molecular weight is 364 g/mol. The van der Waals surface area contributed by atoms with E-state index < -0.39 is 6.09 Å². The predicted molar refractivity (Wildman–Crippen MR) is 98.6 cm³/mol. The van der Waals surface area contributed by atoms with Gasteiger partial charge in [0, 0.05) is 17.3 Å². The summed E-state index contributed by atoms with van der Waals surface area (Å²) in [7, 11) is 0.